The maximum absolute atomic E-state index is 13.0. The normalized spacial score (nSPS) is 13.8. The van der Waals surface area contributed by atoms with Crippen molar-refractivity contribution in [2.75, 3.05) is 18.8 Å². The average Bonchev–Trinajstić information content (AvgIpc) is 3.24. The maximum Gasteiger partial charge on any atom is 0.257 e. The van der Waals surface area contributed by atoms with Gasteiger partial charge in [0.2, 0.25) is 0 Å². The fraction of sp³-hybridized carbons (Fsp3) is 0.278. The quantitative estimate of drug-likeness (QED) is 0.637. The number of anilines is 1. The lowest BCUT2D eigenvalue weighted by Crippen LogP contribution is -2.28. The maximum atomic E-state index is 13.0. The molecule has 0 bridgehead atoms. The van der Waals surface area contributed by atoms with Gasteiger partial charge < -0.3 is 15.6 Å². The molecule has 1 saturated heterocycles. The van der Waals surface area contributed by atoms with Gasteiger partial charge in [-0.3, -0.25) is 4.79 Å². The minimum Gasteiger partial charge on any atom is -0.382 e. The van der Waals surface area contributed by atoms with E-state index < -0.39 is 0 Å². The number of nitrogens with two attached hydrogens (primary N) is 1. The summed E-state index contributed by atoms with van der Waals surface area (Å²) in [6.45, 7) is 3.40. The number of fused-ring (bicyclic) bond motifs is 1. The molecular formula is C18H19BrClN5O. The van der Waals surface area contributed by atoms with Gasteiger partial charge in [0.25, 0.3) is 5.91 Å². The van der Waals surface area contributed by atoms with Crippen molar-refractivity contribution in [1.82, 2.24) is 19.9 Å². The Morgan fingerprint density at radius 1 is 1.27 bits per heavy atom. The van der Waals surface area contributed by atoms with Gasteiger partial charge in [0.1, 0.15) is 11.3 Å². The number of carbonyl (C=O) groups is 1. The van der Waals surface area contributed by atoms with Gasteiger partial charge in [0.15, 0.2) is 5.82 Å². The summed E-state index contributed by atoms with van der Waals surface area (Å²) in [5, 5.41) is 0. The van der Waals surface area contributed by atoms with Crippen molar-refractivity contribution in [2.24, 2.45) is 0 Å². The third kappa shape index (κ3) is 3.17. The Morgan fingerprint density at radius 2 is 2.00 bits per heavy atom. The summed E-state index contributed by atoms with van der Waals surface area (Å²) in [6, 6.07) is 7.82. The number of nitrogens with zero attached hydrogens (tertiary/aromatic N) is 3. The first-order valence-corrected chi connectivity index (χ1v) is 9.05. The molecule has 3 aromatic rings. The van der Waals surface area contributed by atoms with Crippen LogP contribution in [0.2, 0.25) is 0 Å². The lowest BCUT2D eigenvalue weighted by atomic mass is 10.1. The van der Waals surface area contributed by atoms with Gasteiger partial charge in [-0.25, -0.2) is 9.97 Å². The number of aryl methyl sites for hydroxylation is 1. The first-order chi connectivity index (χ1) is 12.0. The van der Waals surface area contributed by atoms with E-state index in [1.54, 1.807) is 0 Å². The van der Waals surface area contributed by atoms with Gasteiger partial charge in [-0.05, 0) is 31.9 Å². The second-order valence-corrected chi connectivity index (χ2v) is 7.19. The fourth-order valence-corrected chi connectivity index (χ4v) is 3.72. The van der Waals surface area contributed by atoms with Crippen LogP contribution in [0.25, 0.3) is 22.4 Å². The van der Waals surface area contributed by atoms with E-state index in [9.17, 15) is 4.79 Å². The van der Waals surface area contributed by atoms with Gasteiger partial charge >= 0.3 is 0 Å². The standard InChI is InChI=1S/C18H18BrN5O.ClH/c1-10-13(18(25)24-7-2-3-8-24)14-15(16(20)21-10)23-17(22-14)11-5-4-6-12(19)9-11;/h4-6,9H,2-3,7-8H2,1H3,(H2,20,21)(H,22,23);1H. The van der Waals surface area contributed by atoms with Gasteiger partial charge in [-0.1, -0.05) is 28.1 Å². The van der Waals surface area contributed by atoms with Crippen molar-refractivity contribution < 1.29 is 4.79 Å². The van der Waals surface area contributed by atoms with E-state index in [0.29, 0.717) is 33.9 Å². The second kappa shape index (κ2) is 7.25. The Kier molecular flexibility index (Phi) is 5.20. The topological polar surface area (TPSA) is 87.9 Å². The minimum absolute atomic E-state index is 0. The highest BCUT2D eigenvalue weighted by atomic mass is 79.9. The van der Waals surface area contributed by atoms with Crippen LogP contribution in [-0.2, 0) is 0 Å². The highest BCUT2D eigenvalue weighted by Gasteiger charge is 2.26. The molecule has 3 N–H and O–H groups in total. The van der Waals surface area contributed by atoms with Crippen LogP contribution in [0.1, 0.15) is 28.9 Å². The summed E-state index contributed by atoms with van der Waals surface area (Å²) < 4.78 is 0.959. The molecule has 6 nitrogen and oxygen atoms in total. The Morgan fingerprint density at radius 3 is 2.69 bits per heavy atom. The predicted octanol–water partition coefficient (Wildman–Crippen LogP) is 3.94. The largest absolute Gasteiger partial charge is 0.382 e. The summed E-state index contributed by atoms with van der Waals surface area (Å²) in [6.07, 6.45) is 2.09. The van der Waals surface area contributed by atoms with Crippen LogP contribution in [0.4, 0.5) is 5.82 Å². The number of aromatic nitrogens is 3. The summed E-state index contributed by atoms with van der Waals surface area (Å²) in [5.74, 6) is 1.01. The molecule has 26 heavy (non-hydrogen) atoms. The molecule has 8 heteroatoms. The number of pyridine rings is 1. The summed E-state index contributed by atoms with van der Waals surface area (Å²) in [5.41, 5.74) is 9.40. The van der Waals surface area contributed by atoms with Crippen molar-refractivity contribution in [3.8, 4) is 11.4 Å². The van der Waals surface area contributed by atoms with Gasteiger partial charge in [0, 0.05) is 23.1 Å². The van der Waals surface area contributed by atoms with E-state index in [1.807, 2.05) is 36.1 Å². The van der Waals surface area contributed by atoms with Crippen LogP contribution in [0, 0.1) is 6.92 Å². The number of H-pyrrole nitrogens is 1. The lowest BCUT2D eigenvalue weighted by molar-refractivity contribution is 0.0793. The number of carbonyl (C=O) groups excluding carboxylic acids is 1. The molecule has 0 unspecified atom stereocenters. The van der Waals surface area contributed by atoms with Gasteiger partial charge in [-0.15, -0.1) is 12.4 Å². The number of benzene rings is 1. The molecule has 2 aromatic heterocycles. The Bertz CT molecular complexity index is 981. The second-order valence-electron chi connectivity index (χ2n) is 6.28. The van der Waals surface area contributed by atoms with E-state index in [2.05, 4.69) is 30.9 Å². The number of hydrogen-bond acceptors (Lipinski definition) is 4. The van der Waals surface area contributed by atoms with Crippen molar-refractivity contribution in [2.45, 2.75) is 19.8 Å². The number of nitrogens with one attached hydrogen (secondary N) is 1. The molecule has 0 saturated carbocycles. The molecule has 1 amide bonds. The van der Waals surface area contributed by atoms with E-state index in [0.717, 1.165) is 36.0 Å². The number of amides is 1. The minimum atomic E-state index is -0.00283. The molecule has 0 atom stereocenters. The number of likely N-dealkylation sites (tertiary alicyclic amines) is 1. The van der Waals surface area contributed by atoms with Gasteiger partial charge in [-0.2, -0.15) is 0 Å². The molecule has 4 rings (SSSR count). The van der Waals surface area contributed by atoms with E-state index in [-0.39, 0.29) is 18.3 Å². The lowest BCUT2D eigenvalue weighted by Gasteiger charge is -2.17. The first-order valence-electron chi connectivity index (χ1n) is 8.25. The molecule has 1 aliphatic rings. The van der Waals surface area contributed by atoms with Crippen LogP contribution in [0.3, 0.4) is 0 Å². The van der Waals surface area contributed by atoms with Crippen LogP contribution in [-0.4, -0.2) is 38.8 Å². The highest BCUT2D eigenvalue weighted by molar-refractivity contribution is 9.10. The number of imidazole rings is 1. The van der Waals surface area contributed by atoms with Gasteiger partial charge in [0.05, 0.1) is 16.8 Å². The van der Waals surface area contributed by atoms with E-state index in [4.69, 9.17) is 5.73 Å². The molecule has 0 aliphatic carbocycles. The van der Waals surface area contributed by atoms with Crippen LogP contribution in [0.15, 0.2) is 28.7 Å². The van der Waals surface area contributed by atoms with Crippen LogP contribution < -0.4 is 5.73 Å². The summed E-state index contributed by atoms with van der Waals surface area (Å²) in [7, 11) is 0. The predicted molar refractivity (Wildman–Crippen MR) is 109 cm³/mol. The number of halogens is 2. The molecule has 0 radical (unpaired) electrons. The van der Waals surface area contributed by atoms with Crippen LogP contribution in [0.5, 0.6) is 0 Å². The van der Waals surface area contributed by atoms with Crippen molar-refractivity contribution in [3.05, 3.63) is 40.0 Å². The summed E-state index contributed by atoms with van der Waals surface area (Å²) >= 11 is 3.47. The Hall–Kier alpha value is -2.12. The SMILES string of the molecule is Cc1nc(N)c2nc(-c3cccc(Br)c3)[nH]c2c1C(=O)N1CCCC1.Cl. The highest BCUT2D eigenvalue weighted by Crippen LogP contribution is 2.29. The molecule has 136 valence electrons. The number of nitrogen functional groups attached to an aromatic ring is 1. The van der Waals surface area contributed by atoms with Crippen molar-refractivity contribution in [3.63, 3.8) is 0 Å². The van der Waals surface area contributed by atoms with Crippen molar-refractivity contribution in [1.29, 1.82) is 0 Å². The fourth-order valence-electron chi connectivity index (χ4n) is 3.32. The zero-order valence-corrected chi connectivity index (χ0v) is 16.7. The monoisotopic (exact) mass is 435 g/mol. The smallest absolute Gasteiger partial charge is 0.257 e. The molecule has 1 aliphatic heterocycles. The van der Waals surface area contributed by atoms with E-state index in [1.165, 1.54) is 0 Å². The molecule has 3 heterocycles. The molecule has 1 aromatic carbocycles. The third-order valence-corrected chi connectivity index (χ3v) is 5.04. The zero-order valence-electron chi connectivity index (χ0n) is 14.3. The molecule has 1 fully saturated rings. The Balaban J connectivity index is 0.00000196. The third-order valence-electron chi connectivity index (χ3n) is 4.55. The van der Waals surface area contributed by atoms with Crippen LogP contribution >= 0.6 is 28.3 Å². The number of rotatable bonds is 2. The molecule has 0 spiro atoms. The summed E-state index contributed by atoms with van der Waals surface area (Å²) in [4.78, 5) is 27.1. The average molecular weight is 437 g/mol. The Labute approximate surface area is 165 Å². The van der Waals surface area contributed by atoms with Crippen molar-refractivity contribution >= 4 is 51.1 Å². The number of hydrogen-bond donors (Lipinski definition) is 2. The van der Waals surface area contributed by atoms with E-state index >= 15 is 0 Å². The molecular weight excluding hydrogens is 418 g/mol. The number of aromatic amines is 1. The zero-order chi connectivity index (χ0) is 17.6. The first kappa shape index (κ1) is 18.7.